The molecule has 0 spiro atoms. The number of rotatable bonds is 7. The van der Waals surface area contributed by atoms with Gasteiger partial charge in [0.05, 0.1) is 6.61 Å². The Morgan fingerprint density at radius 1 is 1.00 bits per heavy atom. The third-order valence-electron chi connectivity index (χ3n) is 3.81. The van der Waals surface area contributed by atoms with Crippen LogP contribution in [0.1, 0.15) is 31.4 Å². The van der Waals surface area contributed by atoms with Crippen molar-refractivity contribution in [1.29, 1.82) is 0 Å². The lowest BCUT2D eigenvalue weighted by Crippen LogP contribution is -2.13. The molecular weight excluding hydrogens is 328 g/mol. The number of anilines is 2. The number of hydrogen-bond donors (Lipinski definition) is 2. The maximum atomic E-state index is 12.2. The van der Waals surface area contributed by atoms with E-state index in [2.05, 4.69) is 10.6 Å². The fraction of sp³-hybridized carbons (Fsp3) is 0.238. The monoisotopic (exact) mass is 352 g/mol. The van der Waals surface area contributed by atoms with Gasteiger partial charge in [-0.15, -0.1) is 0 Å². The van der Waals surface area contributed by atoms with Crippen LogP contribution in [-0.4, -0.2) is 18.4 Å². The van der Waals surface area contributed by atoms with E-state index in [4.69, 9.17) is 4.74 Å². The van der Waals surface area contributed by atoms with Gasteiger partial charge in [-0.1, -0.05) is 25.1 Å². The molecule has 0 aliphatic carbocycles. The summed E-state index contributed by atoms with van der Waals surface area (Å²) in [6.45, 7) is 6.20. The summed E-state index contributed by atoms with van der Waals surface area (Å²) in [5.74, 6) is 0.503. The van der Waals surface area contributed by atoms with Crippen molar-refractivity contribution in [3.63, 3.8) is 0 Å². The highest BCUT2D eigenvalue weighted by atomic mass is 16.5. The minimum atomic E-state index is -0.235. The molecular formula is C21H24N2O3. The lowest BCUT2D eigenvalue weighted by molar-refractivity contribution is -0.116. The second kappa shape index (κ2) is 9.42. The van der Waals surface area contributed by atoms with Crippen LogP contribution >= 0.6 is 0 Å². The van der Waals surface area contributed by atoms with Gasteiger partial charge in [0.1, 0.15) is 5.75 Å². The normalized spacial score (nSPS) is 10.6. The van der Waals surface area contributed by atoms with E-state index in [9.17, 15) is 9.59 Å². The molecule has 2 N–H and O–H groups in total. The lowest BCUT2D eigenvalue weighted by atomic mass is 10.1. The Hall–Kier alpha value is -3.08. The number of ether oxygens (including phenoxy) is 1. The highest BCUT2D eigenvalue weighted by Crippen LogP contribution is 2.23. The summed E-state index contributed by atoms with van der Waals surface area (Å²) in [4.78, 5) is 23.8. The van der Waals surface area contributed by atoms with E-state index in [1.807, 2.05) is 44.2 Å². The molecule has 0 fully saturated rings. The fourth-order valence-corrected chi connectivity index (χ4v) is 2.33. The van der Waals surface area contributed by atoms with Crippen molar-refractivity contribution >= 4 is 29.3 Å². The smallest absolute Gasteiger partial charge is 0.248 e. The van der Waals surface area contributed by atoms with Crippen molar-refractivity contribution in [1.82, 2.24) is 0 Å². The summed E-state index contributed by atoms with van der Waals surface area (Å²) in [6.07, 6.45) is 3.62. The zero-order valence-electron chi connectivity index (χ0n) is 15.3. The van der Waals surface area contributed by atoms with E-state index in [0.717, 1.165) is 16.9 Å². The second-order valence-electron chi connectivity index (χ2n) is 5.70. The van der Waals surface area contributed by atoms with Crippen LogP contribution in [0.4, 0.5) is 11.4 Å². The first-order chi connectivity index (χ1) is 12.5. The van der Waals surface area contributed by atoms with E-state index < -0.39 is 0 Å². The van der Waals surface area contributed by atoms with Crippen molar-refractivity contribution in [3.8, 4) is 5.75 Å². The molecule has 2 rings (SSSR count). The quantitative estimate of drug-likeness (QED) is 0.726. The van der Waals surface area contributed by atoms with Crippen LogP contribution < -0.4 is 15.4 Å². The van der Waals surface area contributed by atoms with Crippen LogP contribution in [-0.2, 0) is 9.59 Å². The van der Waals surface area contributed by atoms with Gasteiger partial charge in [-0.05, 0) is 55.3 Å². The molecule has 5 heteroatoms. The highest BCUT2D eigenvalue weighted by Gasteiger charge is 2.08. The first-order valence-electron chi connectivity index (χ1n) is 8.64. The maximum absolute atomic E-state index is 12.2. The molecule has 0 atom stereocenters. The Balaban J connectivity index is 2.03. The Morgan fingerprint density at radius 2 is 1.65 bits per heavy atom. The van der Waals surface area contributed by atoms with E-state index in [0.29, 0.717) is 24.4 Å². The molecule has 2 amide bonds. The molecule has 0 heterocycles. The molecule has 0 unspecified atom stereocenters. The molecule has 0 saturated carbocycles. The summed E-state index contributed by atoms with van der Waals surface area (Å²) in [5, 5.41) is 5.67. The van der Waals surface area contributed by atoms with Gasteiger partial charge >= 0.3 is 0 Å². The second-order valence-corrected chi connectivity index (χ2v) is 5.70. The summed E-state index contributed by atoms with van der Waals surface area (Å²) in [7, 11) is 0. The van der Waals surface area contributed by atoms with E-state index >= 15 is 0 Å². The molecule has 0 saturated heterocycles. The predicted molar refractivity (Wildman–Crippen MR) is 105 cm³/mol. The first-order valence-corrected chi connectivity index (χ1v) is 8.64. The number of benzene rings is 2. The van der Waals surface area contributed by atoms with Crippen LogP contribution in [0, 0.1) is 6.92 Å². The molecule has 2 aromatic carbocycles. The predicted octanol–water partition coefficient (Wildman–Crippen LogP) is 4.39. The van der Waals surface area contributed by atoms with Crippen molar-refractivity contribution in [3.05, 3.63) is 59.7 Å². The Bertz CT molecular complexity index is 795. The summed E-state index contributed by atoms with van der Waals surface area (Å²) >= 11 is 0. The summed E-state index contributed by atoms with van der Waals surface area (Å²) < 4.78 is 5.39. The van der Waals surface area contributed by atoms with Crippen LogP contribution in [0.5, 0.6) is 5.75 Å². The Kier molecular flexibility index (Phi) is 6.97. The third-order valence-corrected chi connectivity index (χ3v) is 3.81. The van der Waals surface area contributed by atoms with Crippen molar-refractivity contribution in [2.24, 2.45) is 0 Å². The van der Waals surface area contributed by atoms with Crippen molar-refractivity contribution in [2.75, 3.05) is 17.2 Å². The first kappa shape index (κ1) is 19.2. The van der Waals surface area contributed by atoms with Crippen molar-refractivity contribution in [2.45, 2.75) is 27.2 Å². The number of carbonyl (C=O) groups is 2. The van der Waals surface area contributed by atoms with Gasteiger partial charge in [0.2, 0.25) is 11.8 Å². The number of carbonyl (C=O) groups excluding carboxylic acids is 2. The minimum absolute atomic E-state index is 0.0630. The molecule has 0 radical (unpaired) electrons. The largest absolute Gasteiger partial charge is 0.494 e. The number of hydrogen-bond acceptors (Lipinski definition) is 3. The van der Waals surface area contributed by atoms with Crippen LogP contribution in [0.2, 0.25) is 0 Å². The standard InChI is InChI=1S/C21H24N2O3/c1-4-20(24)22-18-7-6-8-19(15(18)3)23-21(25)14-11-16-9-12-17(13-10-16)26-5-2/h6-14H,4-5H2,1-3H3,(H,22,24)(H,23,25)/b14-11+. The molecule has 0 bridgehead atoms. The third kappa shape index (κ3) is 5.48. The zero-order chi connectivity index (χ0) is 18.9. The van der Waals surface area contributed by atoms with Gasteiger partial charge < -0.3 is 15.4 Å². The van der Waals surface area contributed by atoms with Gasteiger partial charge in [-0.3, -0.25) is 9.59 Å². The van der Waals surface area contributed by atoms with Crippen molar-refractivity contribution < 1.29 is 14.3 Å². The zero-order valence-corrected chi connectivity index (χ0v) is 15.3. The SMILES string of the molecule is CCOc1ccc(/C=C/C(=O)Nc2cccc(NC(=O)CC)c2C)cc1. The van der Waals surface area contributed by atoms with E-state index in [-0.39, 0.29) is 11.8 Å². The van der Waals surface area contributed by atoms with E-state index in [1.165, 1.54) is 6.08 Å². The summed E-state index contributed by atoms with van der Waals surface area (Å²) in [6, 6.07) is 12.9. The molecule has 0 aliphatic rings. The summed E-state index contributed by atoms with van der Waals surface area (Å²) in [5.41, 5.74) is 3.09. The molecule has 2 aromatic rings. The van der Waals surface area contributed by atoms with Crippen LogP contribution in [0.15, 0.2) is 48.5 Å². The van der Waals surface area contributed by atoms with Gasteiger partial charge in [0, 0.05) is 23.9 Å². The topological polar surface area (TPSA) is 67.4 Å². The molecule has 0 aliphatic heterocycles. The minimum Gasteiger partial charge on any atom is -0.494 e. The van der Waals surface area contributed by atoms with Crippen LogP contribution in [0.25, 0.3) is 6.08 Å². The number of nitrogens with one attached hydrogen (secondary N) is 2. The Labute approximate surface area is 154 Å². The molecule has 5 nitrogen and oxygen atoms in total. The highest BCUT2D eigenvalue weighted by molar-refractivity contribution is 6.03. The maximum Gasteiger partial charge on any atom is 0.248 e. The fourth-order valence-electron chi connectivity index (χ4n) is 2.33. The lowest BCUT2D eigenvalue weighted by Gasteiger charge is -2.12. The van der Waals surface area contributed by atoms with Crippen LogP contribution in [0.3, 0.4) is 0 Å². The van der Waals surface area contributed by atoms with Gasteiger partial charge in [0.15, 0.2) is 0 Å². The van der Waals surface area contributed by atoms with Gasteiger partial charge in [0.25, 0.3) is 0 Å². The van der Waals surface area contributed by atoms with E-state index in [1.54, 1.807) is 25.1 Å². The Morgan fingerprint density at radius 3 is 2.27 bits per heavy atom. The molecule has 136 valence electrons. The van der Waals surface area contributed by atoms with Gasteiger partial charge in [-0.2, -0.15) is 0 Å². The average molecular weight is 352 g/mol. The number of amides is 2. The molecule has 26 heavy (non-hydrogen) atoms. The average Bonchev–Trinajstić information content (AvgIpc) is 2.64. The van der Waals surface area contributed by atoms with Gasteiger partial charge in [-0.25, -0.2) is 0 Å². The molecule has 0 aromatic heterocycles.